The molecule has 1 aromatic carbocycles. The summed E-state index contributed by atoms with van der Waals surface area (Å²) in [6, 6.07) is 5.32. The third-order valence-corrected chi connectivity index (χ3v) is 3.87. The van der Waals surface area contributed by atoms with Gasteiger partial charge in [0.2, 0.25) is 0 Å². The summed E-state index contributed by atoms with van der Waals surface area (Å²) in [7, 11) is 0. The molecular weight excluding hydrogens is 339 g/mol. The van der Waals surface area contributed by atoms with Crippen LogP contribution < -0.4 is 5.32 Å². The number of carbonyl (C=O) groups excluding carboxylic acids is 1. The second-order valence-electron chi connectivity index (χ2n) is 6.14. The molecule has 0 unspecified atom stereocenters. The van der Waals surface area contributed by atoms with E-state index in [-0.39, 0.29) is 11.7 Å². The molecule has 26 heavy (non-hydrogen) atoms. The Labute approximate surface area is 152 Å². The van der Waals surface area contributed by atoms with Crippen LogP contribution in [-0.4, -0.2) is 53.8 Å². The summed E-state index contributed by atoms with van der Waals surface area (Å²) in [5, 5.41) is 7.35. The minimum absolute atomic E-state index is 0.245. The van der Waals surface area contributed by atoms with Crippen LogP contribution in [0.4, 0.5) is 4.39 Å². The maximum atomic E-state index is 13.8. The number of hydrogen-bond donors (Lipinski definition) is 1. The lowest BCUT2D eigenvalue weighted by molar-refractivity contribution is -0.128. The summed E-state index contributed by atoms with van der Waals surface area (Å²) in [6.07, 6.45) is 0. The molecule has 3 rings (SSSR count). The first kappa shape index (κ1) is 20.0. The highest BCUT2D eigenvalue weighted by molar-refractivity contribution is 5.55. The van der Waals surface area contributed by atoms with Crippen molar-refractivity contribution in [2.75, 3.05) is 26.2 Å². The predicted octanol–water partition coefficient (Wildman–Crippen LogP) is 2.16. The zero-order valence-electron chi connectivity index (χ0n) is 15.4. The van der Waals surface area contributed by atoms with Crippen LogP contribution in [0.1, 0.15) is 25.2 Å². The molecule has 0 bridgehead atoms. The normalized spacial score (nSPS) is 17.3. The van der Waals surface area contributed by atoms with E-state index in [1.807, 2.05) is 6.92 Å². The quantitative estimate of drug-likeness (QED) is 0.814. The highest BCUT2D eigenvalue weighted by atomic mass is 19.1. The molecule has 1 fully saturated rings. The van der Waals surface area contributed by atoms with Crippen LogP contribution in [0, 0.1) is 12.7 Å². The van der Waals surface area contributed by atoms with Crippen molar-refractivity contribution < 1.29 is 18.4 Å². The summed E-state index contributed by atoms with van der Waals surface area (Å²) < 4.78 is 23.2. The van der Waals surface area contributed by atoms with Crippen LogP contribution in [0.5, 0.6) is 0 Å². The van der Waals surface area contributed by atoms with E-state index in [4.69, 9.17) is 4.52 Å². The molecule has 7 nitrogen and oxygen atoms in total. The topological polar surface area (TPSA) is 80.5 Å². The van der Waals surface area contributed by atoms with Gasteiger partial charge in [0.15, 0.2) is 5.82 Å². The van der Waals surface area contributed by atoms with E-state index < -0.39 is 0 Å². The lowest BCUT2D eigenvalue weighted by Gasteiger charge is -2.30. The second-order valence-corrected chi connectivity index (χ2v) is 6.14. The minimum atomic E-state index is -0.341. The third-order valence-electron chi connectivity index (χ3n) is 3.87. The number of nitrogens with zero attached hydrogens (tertiary/aromatic N) is 3. The number of piperazine rings is 1. The average Bonchev–Trinajstić information content (AvgIpc) is 3.06. The molecule has 142 valence electrons. The smallest absolute Gasteiger partial charge is 0.293 e. The van der Waals surface area contributed by atoms with Gasteiger partial charge < -0.3 is 14.6 Å². The molecule has 1 aliphatic rings. The maximum absolute atomic E-state index is 13.8. The van der Waals surface area contributed by atoms with Crippen LogP contribution in [0.3, 0.4) is 0 Å². The minimum Gasteiger partial charge on any atom is -0.468 e. The van der Waals surface area contributed by atoms with Gasteiger partial charge in [-0.1, -0.05) is 16.8 Å². The third kappa shape index (κ3) is 5.89. The summed E-state index contributed by atoms with van der Waals surface area (Å²) in [5.41, 5.74) is 1.32. The lowest BCUT2D eigenvalue weighted by Crippen LogP contribution is -2.48. The van der Waals surface area contributed by atoms with Gasteiger partial charge in [-0.3, -0.25) is 9.69 Å². The molecule has 0 radical (unpaired) electrons. The Hall–Kier alpha value is -2.32. The fourth-order valence-electron chi connectivity index (χ4n) is 2.65. The molecule has 2 aromatic rings. The Balaban J connectivity index is 0.000000431. The molecule has 0 saturated carbocycles. The largest absolute Gasteiger partial charge is 0.468 e. The van der Waals surface area contributed by atoms with E-state index >= 15 is 0 Å². The number of nitrogens with one attached hydrogen (secondary N) is 1. The van der Waals surface area contributed by atoms with Gasteiger partial charge in [0.25, 0.3) is 12.4 Å². The fourth-order valence-corrected chi connectivity index (χ4v) is 2.65. The van der Waals surface area contributed by atoms with Gasteiger partial charge in [-0.05, 0) is 32.9 Å². The standard InChI is InChI=1S/C15H19FN4O.C3H6O2/c1-10-3-4-13(16)12(7-10)15-18-14(19-21-15)9-20-6-5-17-11(2)8-20;1-2-5-3-4/h3-4,7,11,17H,5-6,8-9H2,1-2H3;3H,2H2,1H3/t11-;/m1./s1. The molecule has 1 N–H and O–H groups in total. The molecule has 2 heterocycles. The molecule has 0 aliphatic carbocycles. The molecular formula is C18H25FN4O3. The van der Waals surface area contributed by atoms with E-state index in [1.54, 1.807) is 19.1 Å². The van der Waals surface area contributed by atoms with Crippen molar-refractivity contribution >= 4 is 6.47 Å². The van der Waals surface area contributed by atoms with Gasteiger partial charge in [-0.2, -0.15) is 4.98 Å². The lowest BCUT2D eigenvalue weighted by atomic mass is 10.1. The van der Waals surface area contributed by atoms with Gasteiger partial charge in [-0.25, -0.2) is 4.39 Å². The zero-order chi connectivity index (χ0) is 18.9. The number of halogens is 1. The number of hydrogen-bond acceptors (Lipinski definition) is 7. The highest BCUT2D eigenvalue weighted by Gasteiger charge is 2.19. The van der Waals surface area contributed by atoms with Gasteiger partial charge >= 0.3 is 0 Å². The van der Waals surface area contributed by atoms with Crippen LogP contribution in [0.25, 0.3) is 11.5 Å². The van der Waals surface area contributed by atoms with Crippen LogP contribution in [0.15, 0.2) is 22.7 Å². The molecule has 0 amide bonds. The van der Waals surface area contributed by atoms with E-state index in [0.29, 0.717) is 37.1 Å². The first-order chi connectivity index (χ1) is 12.5. The summed E-state index contributed by atoms with van der Waals surface area (Å²) in [6.45, 7) is 10.2. The van der Waals surface area contributed by atoms with Gasteiger partial charge in [0.05, 0.1) is 18.7 Å². The molecule has 0 spiro atoms. The van der Waals surface area contributed by atoms with Crippen LogP contribution in [0.2, 0.25) is 0 Å². The Morgan fingerprint density at radius 3 is 2.96 bits per heavy atom. The monoisotopic (exact) mass is 364 g/mol. The van der Waals surface area contributed by atoms with Crippen molar-refractivity contribution in [1.29, 1.82) is 0 Å². The van der Waals surface area contributed by atoms with Crippen molar-refractivity contribution in [3.8, 4) is 11.5 Å². The SMILES string of the molecule is CCOC=O.Cc1ccc(F)c(-c2nc(CN3CCN[C@H](C)C3)no2)c1. The van der Waals surface area contributed by atoms with E-state index in [2.05, 4.69) is 32.0 Å². The van der Waals surface area contributed by atoms with Gasteiger partial charge in [-0.15, -0.1) is 0 Å². The average molecular weight is 364 g/mol. The summed E-state index contributed by atoms with van der Waals surface area (Å²) in [5.74, 6) is 0.501. The van der Waals surface area contributed by atoms with Crippen molar-refractivity contribution in [3.05, 3.63) is 35.4 Å². The van der Waals surface area contributed by atoms with Crippen molar-refractivity contribution in [2.24, 2.45) is 0 Å². The number of benzene rings is 1. The second kappa shape index (κ2) is 9.98. The maximum Gasteiger partial charge on any atom is 0.293 e. The Kier molecular flexibility index (Phi) is 7.68. The molecule has 1 aromatic heterocycles. The Morgan fingerprint density at radius 2 is 2.31 bits per heavy atom. The van der Waals surface area contributed by atoms with Crippen LogP contribution >= 0.6 is 0 Å². The number of ether oxygens (including phenoxy) is 1. The molecule has 1 aliphatic heterocycles. The number of rotatable bonds is 5. The first-order valence-corrected chi connectivity index (χ1v) is 8.63. The van der Waals surface area contributed by atoms with Crippen molar-refractivity contribution in [3.63, 3.8) is 0 Å². The van der Waals surface area contributed by atoms with E-state index in [0.717, 1.165) is 25.2 Å². The summed E-state index contributed by atoms with van der Waals surface area (Å²) >= 11 is 0. The molecule has 1 atom stereocenters. The van der Waals surface area contributed by atoms with Crippen molar-refractivity contribution in [1.82, 2.24) is 20.4 Å². The zero-order valence-corrected chi connectivity index (χ0v) is 15.4. The molecule has 1 saturated heterocycles. The van der Waals surface area contributed by atoms with Gasteiger partial charge in [0, 0.05) is 25.7 Å². The van der Waals surface area contributed by atoms with Crippen molar-refractivity contribution in [2.45, 2.75) is 33.4 Å². The van der Waals surface area contributed by atoms with Crippen LogP contribution in [-0.2, 0) is 16.1 Å². The first-order valence-electron chi connectivity index (χ1n) is 8.63. The highest BCUT2D eigenvalue weighted by Crippen LogP contribution is 2.22. The molecule has 8 heteroatoms. The number of aryl methyl sites for hydroxylation is 1. The van der Waals surface area contributed by atoms with Gasteiger partial charge in [0.1, 0.15) is 5.82 Å². The Morgan fingerprint density at radius 1 is 1.50 bits per heavy atom. The van der Waals surface area contributed by atoms with E-state index in [9.17, 15) is 9.18 Å². The Bertz CT molecular complexity index is 707. The number of aromatic nitrogens is 2. The summed E-state index contributed by atoms with van der Waals surface area (Å²) in [4.78, 5) is 15.8. The fraction of sp³-hybridized carbons (Fsp3) is 0.500. The number of carbonyl (C=O) groups is 1. The van der Waals surface area contributed by atoms with E-state index in [1.165, 1.54) is 6.07 Å². The predicted molar refractivity (Wildman–Crippen MR) is 94.9 cm³/mol.